The van der Waals surface area contributed by atoms with Crippen LogP contribution < -0.4 is 0 Å². The van der Waals surface area contributed by atoms with E-state index in [-0.39, 0.29) is 0 Å². The van der Waals surface area contributed by atoms with E-state index in [0.717, 1.165) is 0 Å². The Hall–Kier alpha value is -1.07. The minimum atomic E-state index is 0.326. The fraction of sp³-hybridized carbons (Fsp3) is 0.375. The first kappa shape index (κ1) is 8.93. The van der Waals surface area contributed by atoms with Gasteiger partial charge in [0.2, 0.25) is 0 Å². The van der Waals surface area contributed by atoms with Gasteiger partial charge in [0, 0.05) is 0 Å². The molecule has 0 saturated carbocycles. The second-order valence-corrected chi connectivity index (χ2v) is 2.44. The number of likely N-dealkylation sites (N-methyl/N-ethyl adjacent to an activating group) is 1. The first-order valence-electron chi connectivity index (χ1n) is 3.16. The second-order valence-electron chi connectivity index (χ2n) is 2.44. The van der Waals surface area contributed by atoms with Crippen LogP contribution >= 0.6 is 0 Å². The Kier molecular flexibility index (Phi) is 3.45. The van der Waals surface area contributed by atoms with Crippen LogP contribution in [0.5, 0.6) is 0 Å². The minimum Gasteiger partial charge on any atom is -0.220 e. The highest BCUT2D eigenvalue weighted by molar-refractivity contribution is 4.74. The van der Waals surface area contributed by atoms with Crippen molar-refractivity contribution in [2.45, 2.75) is 0 Å². The third-order valence-electron chi connectivity index (χ3n) is 1.31. The van der Waals surface area contributed by atoms with Crippen molar-refractivity contribution in [3.05, 3.63) is 25.3 Å². The Morgan fingerprint density at radius 1 is 1.40 bits per heavy atom. The van der Waals surface area contributed by atoms with Crippen LogP contribution in [0.4, 0.5) is 0 Å². The summed E-state index contributed by atoms with van der Waals surface area (Å²) in [5.74, 6) is 0. The maximum atomic E-state index is 8.67. The van der Waals surface area contributed by atoms with Crippen LogP contribution in [0, 0.1) is 11.5 Å². The zero-order valence-corrected chi connectivity index (χ0v) is 6.38. The minimum absolute atomic E-state index is 0.326. The molecule has 54 valence electrons. The van der Waals surface area contributed by atoms with E-state index < -0.39 is 0 Å². The van der Waals surface area contributed by atoms with Gasteiger partial charge in [-0.1, -0.05) is 13.2 Å². The van der Waals surface area contributed by atoms with Gasteiger partial charge in [-0.3, -0.25) is 0 Å². The van der Waals surface area contributed by atoms with Gasteiger partial charge in [0.05, 0.1) is 7.05 Å². The lowest BCUT2D eigenvalue weighted by Gasteiger charge is -2.20. The van der Waals surface area contributed by atoms with Crippen molar-refractivity contribution in [2.24, 2.45) is 0 Å². The molecule has 0 N–H and O–H groups in total. The molecule has 0 amide bonds. The van der Waals surface area contributed by atoms with Gasteiger partial charge in [-0.15, -0.1) is 5.26 Å². The lowest BCUT2D eigenvalue weighted by molar-refractivity contribution is -0.833. The second kappa shape index (κ2) is 3.86. The van der Waals surface area contributed by atoms with Gasteiger partial charge in [0.25, 0.3) is 0 Å². The number of hydrogen-bond acceptors (Lipinski definition) is 1. The Bertz CT molecular complexity index is 155. The third-order valence-corrected chi connectivity index (χ3v) is 1.31. The molecule has 0 fully saturated rings. The summed E-state index contributed by atoms with van der Waals surface area (Å²) >= 11 is 0. The molecule has 0 saturated heterocycles. The molecule has 0 rings (SSSR count). The topological polar surface area (TPSA) is 23.8 Å². The molecule has 0 spiro atoms. The molecule has 0 heterocycles. The standard InChI is InChI=1S/C8H13N2/c1-4-6-10(3,8-9)7-5-2/h4-5H,1-2,6-7H2,3H3/q+1. The summed E-state index contributed by atoms with van der Waals surface area (Å²) in [6.45, 7) is 8.49. The molecule has 0 atom stereocenters. The molecule has 0 aromatic carbocycles. The molecule has 0 radical (unpaired) electrons. The van der Waals surface area contributed by atoms with E-state index >= 15 is 0 Å². The zero-order valence-electron chi connectivity index (χ0n) is 6.38. The first-order valence-corrected chi connectivity index (χ1v) is 3.16. The van der Waals surface area contributed by atoms with Gasteiger partial charge in [0.15, 0.2) is 0 Å². The monoisotopic (exact) mass is 137 g/mol. The summed E-state index contributed by atoms with van der Waals surface area (Å²) in [6.07, 6.45) is 5.66. The fourth-order valence-corrected chi connectivity index (χ4v) is 0.726. The summed E-state index contributed by atoms with van der Waals surface area (Å²) in [4.78, 5) is 0. The van der Waals surface area contributed by atoms with E-state index in [1.807, 2.05) is 7.05 Å². The van der Waals surface area contributed by atoms with Gasteiger partial charge in [-0.05, 0) is 12.2 Å². The number of hydrogen-bond donors (Lipinski definition) is 0. The van der Waals surface area contributed by atoms with E-state index in [0.29, 0.717) is 17.6 Å². The lowest BCUT2D eigenvalue weighted by atomic mass is 10.4. The van der Waals surface area contributed by atoms with E-state index in [1.54, 1.807) is 12.2 Å². The summed E-state index contributed by atoms with van der Waals surface area (Å²) in [6, 6.07) is 0. The van der Waals surface area contributed by atoms with Gasteiger partial charge in [0.1, 0.15) is 13.1 Å². The molecule has 2 heteroatoms. The van der Waals surface area contributed by atoms with E-state index in [2.05, 4.69) is 19.4 Å². The predicted octanol–water partition coefficient (Wildman–Crippen LogP) is 1.29. The maximum Gasteiger partial charge on any atom is 0.308 e. The molecule has 0 aliphatic carbocycles. The van der Waals surface area contributed by atoms with Crippen molar-refractivity contribution in [1.82, 2.24) is 0 Å². The summed E-state index contributed by atoms with van der Waals surface area (Å²) < 4.78 is 0.326. The Morgan fingerprint density at radius 2 is 1.80 bits per heavy atom. The van der Waals surface area contributed by atoms with Gasteiger partial charge in [-0.2, -0.15) is 0 Å². The number of nitriles is 1. The fourth-order valence-electron chi connectivity index (χ4n) is 0.726. The maximum absolute atomic E-state index is 8.67. The molecule has 0 aromatic rings. The number of nitrogens with zero attached hydrogens (tertiary/aromatic N) is 2. The average molecular weight is 137 g/mol. The highest BCUT2D eigenvalue weighted by Crippen LogP contribution is 1.98. The average Bonchev–Trinajstić information content (AvgIpc) is 1.89. The smallest absolute Gasteiger partial charge is 0.220 e. The van der Waals surface area contributed by atoms with E-state index in [1.165, 1.54) is 0 Å². The van der Waals surface area contributed by atoms with Crippen LogP contribution in [0.25, 0.3) is 0 Å². The first-order chi connectivity index (χ1) is 4.68. The molecule has 10 heavy (non-hydrogen) atoms. The van der Waals surface area contributed by atoms with Crippen LogP contribution in [0.15, 0.2) is 25.3 Å². The van der Waals surface area contributed by atoms with Crippen LogP contribution in [0.3, 0.4) is 0 Å². The molecule has 0 aliphatic rings. The molecular formula is C8H13N2+. The Balaban J connectivity index is 4.09. The normalized spacial score (nSPS) is 10.0. The molecule has 2 nitrogen and oxygen atoms in total. The summed E-state index contributed by atoms with van der Waals surface area (Å²) in [5, 5.41) is 8.67. The quantitative estimate of drug-likeness (QED) is 0.325. The van der Waals surface area contributed by atoms with Crippen molar-refractivity contribution in [1.29, 1.82) is 5.26 Å². The zero-order chi connectivity index (χ0) is 8.04. The van der Waals surface area contributed by atoms with Crippen molar-refractivity contribution >= 4 is 0 Å². The van der Waals surface area contributed by atoms with Crippen molar-refractivity contribution in [2.75, 3.05) is 20.1 Å². The van der Waals surface area contributed by atoms with Crippen molar-refractivity contribution in [3.8, 4) is 6.19 Å². The van der Waals surface area contributed by atoms with Gasteiger partial charge >= 0.3 is 6.19 Å². The number of rotatable bonds is 4. The molecular weight excluding hydrogens is 124 g/mol. The Morgan fingerprint density at radius 3 is 2.00 bits per heavy atom. The van der Waals surface area contributed by atoms with Crippen molar-refractivity contribution < 1.29 is 4.48 Å². The number of quaternary nitrogens is 1. The van der Waals surface area contributed by atoms with Gasteiger partial charge in [-0.25, -0.2) is 4.48 Å². The van der Waals surface area contributed by atoms with Crippen LogP contribution in [0.1, 0.15) is 0 Å². The van der Waals surface area contributed by atoms with E-state index in [9.17, 15) is 0 Å². The molecule has 0 unspecified atom stereocenters. The van der Waals surface area contributed by atoms with E-state index in [4.69, 9.17) is 5.26 Å². The SMILES string of the molecule is C=CC[N+](C)(C#N)CC=C. The summed E-state index contributed by atoms with van der Waals surface area (Å²) in [7, 11) is 1.85. The predicted molar refractivity (Wildman–Crippen MR) is 41.9 cm³/mol. The molecule has 0 aromatic heterocycles. The lowest BCUT2D eigenvalue weighted by Crippen LogP contribution is -2.38. The highest BCUT2D eigenvalue weighted by Gasteiger charge is 2.16. The van der Waals surface area contributed by atoms with Crippen LogP contribution in [-0.2, 0) is 0 Å². The molecule has 0 bridgehead atoms. The Labute approximate surface area is 62.3 Å². The highest BCUT2D eigenvalue weighted by atomic mass is 15.3. The third kappa shape index (κ3) is 2.47. The van der Waals surface area contributed by atoms with Crippen molar-refractivity contribution in [3.63, 3.8) is 0 Å². The van der Waals surface area contributed by atoms with Gasteiger partial charge < -0.3 is 0 Å². The largest absolute Gasteiger partial charge is 0.308 e. The van der Waals surface area contributed by atoms with Crippen LogP contribution in [-0.4, -0.2) is 24.6 Å². The molecule has 0 aliphatic heterocycles. The van der Waals surface area contributed by atoms with Crippen LogP contribution in [0.2, 0.25) is 0 Å². The summed E-state index contributed by atoms with van der Waals surface area (Å²) in [5.41, 5.74) is 0.